The van der Waals surface area contributed by atoms with Gasteiger partial charge in [0.1, 0.15) is 11.9 Å². The van der Waals surface area contributed by atoms with Gasteiger partial charge in [-0.25, -0.2) is 14.8 Å². The van der Waals surface area contributed by atoms with Crippen LogP contribution in [0.4, 0.5) is 31.1 Å². The molecule has 230 valence electrons. The van der Waals surface area contributed by atoms with Crippen LogP contribution in [-0.2, 0) is 33.5 Å². The number of aromatic nitrogens is 2. The van der Waals surface area contributed by atoms with E-state index in [0.29, 0.717) is 0 Å². The molecule has 42 heavy (non-hydrogen) atoms. The van der Waals surface area contributed by atoms with Gasteiger partial charge in [-0.05, 0) is 12.5 Å². The van der Waals surface area contributed by atoms with E-state index < -0.39 is 78.8 Å². The minimum absolute atomic E-state index is 0.0481. The average Bonchev–Trinajstić information content (AvgIpc) is 3.51. The van der Waals surface area contributed by atoms with Crippen LogP contribution < -0.4 is 5.73 Å². The molecule has 4 heterocycles. The van der Waals surface area contributed by atoms with Gasteiger partial charge in [0, 0.05) is 30.5 Å². The van der Waals surface area contributed by atoms with Crippen molar-refractivity contribution in [2.24, 2.45) is 17.1 Å². The average molecular weight is 606 g/mol. The van der Waals surface area contributed by atoms with Gasteiger partial charge in [-0.2, -0.15) is 26.3 Å². The van der Waals surface area contributed by atoms with Crippen LogP contribution in [-0.4, -0.2) is 69.1 Å². The van der Waals surface area contributed by atoms with Crippen LogP contribution in [0.3, 0.4) is 0 Å². The SMILES string of the molecule is CC(C)(C)[C@@](CC(=O)N1CCc2c(nc(-c3ccoc3)nc2C(F)(F)F)C1)(CN1CC(C(F)(F)F)CC1=O)OC(N)=O. The Balaban J connectivity index is 1.65. The number of primary amides is 1. The number of rotatable bonds is 6. The van der Waals surface area contributed by atoms with E-state index >= 15 is 0 Å². The number of nitrogens with two attached hydrogens (primary N) is 1. The van der Waals surface area contributed by atoms with Crippen molar-refractivity contribution in [3.8, 4) is 11.4 Å². The van der Waals surface area contributed by atoms with E-state index in [0.717, 1.165) is 4.90 Å². The first-order valence-electron chi connectivity index (χ1n) is 12.9. The molecule has 0 aromatic carbocycles. The second-order valence-corrected chi connectivity index (χ2v) is 11.5. The summed E-state index contributed by atoms with van der Waals surface area (Å²) in [5.41, 5.74) is 1.17. The predicted octanol–water partition coefficient (Wildman–Crippen LogP) is 4.32. The Hall–Kier alpha value is -3.85. The number of halogens is 6. The van der Waals surface area contributed by atoms with Gasteiger partial charge in [0.05, 0.1) is 42.9 Å². The third-order valence-corrected chi connectivity index (χ3v) is 7.69. The standard InChI is InChI=1S/C26H29F6N5O5/c1-23(2,3)24(42-22(33)40,13-37-10-15(8-18(37)38)25(27,28)29)9-19(39)36-6-4-16-17(11-36)34-21(14-5-7-41-12-14)35-20(16)26(30,31)32/h5,7,12,15H,4,6,8-11,13H2,1-3H3,(H2,33,40)/t15?,24-/m1/s1. The van der Waals surface area contributed by atoms with E-state index in [2.05, 4.69) is 9.97 Å². The Morgan fingerprint density at radius 2 is 1.83 bits per heavy atom. The number of amides is 3. The molecule has 0 spiro atoms. The maximum atomic E-state index is 13.9. The molecule has 2 N–H and O–H groups in total. The predicted molar refractivity (Wildman–Crippen MR) is 132 cm³/mol. The van der Waals surface area contributed by atoms with E-state index in [1.807, 2.05) is 0 Å². The Kier molecular flexibility index (Phi) is 7.97. The van der Waals surface area contributed by atoms with Gasteiger partial charge < -0.3 is 24.7 Å². The molecule has 2 aromatic rings. The molecule has 10 nitrogen and oxygen atoms in total. The molecule has 3 amide bonds. The summed E-state index contributed by atoms with van der Waals surface area (Å²) in [6.45, 7) is 2.94. The van der Waals surface area contributed by atoms with Crippen LogP contribution in [0.2, 0.25) is 0 Å². The summed E-state index contributed by atoms with van der Waals surface area (Å²) in [6, 6.07) is 1.38. The van der Waals surface area contributed by atoms with E-state index in [1.54, 1.807) is 20.8 Å². The lowest BCUT2D eigenvalue weighted by Gasteiger charge is -2.46. The first-order valence-corrected chi connectivity index (χ1v) is 12.9. The number of fused-ring (bicyclic) bond motifs is 1. The summed E-state index contributed by atoms with van der Waals surface area (Å²) in [7, 11) is 0. The molecule has 1 saturated heterocycles. The highest BCUT2D eigenvalue weighted by atomic mass is 19.4. The molecule has 1 unspecified atom stereocenters. The lowest BCUT2D eigenvalue weighted by molar-refractivity contribution is -0.172. The molecule has 0 saturated carbocycles. The molecule has 4 rings (SSSR count). The number of likely N-dealkylation sites (tertiary alicyclic amines) is 1. The fourth-order valence-electron chi connectivity index (χ4n) is 5.18. The van der Waals surface area contributed by atoms with Crippen molar-refractivity contribution in [1.29, 1.82) is 0 Å². The quantitative estimate of drug-likeness (QED) is 0.485. The first-order chi connectivity index (χ1) is 19.3. The Labute approximate surface area is 236 Å². The number of carbonyl (C=O) groups is 3. The number of ether oxygens (including phenoxy) is 1. The molecular formula is C26H29F6N5O5. The second-order valence-electron chi connectivity index (χ2n) is 11.5. The number of nitrogens with zero attached hydrogens (tertiary/aromatic N) is 4. The topological polar surface area (TPSA) is 132 Å². The number of hydrogen-bond donors (Lipinski definition) is 1. The van der Waals surface area contributed by atoms with Gasteiger partial charge in [-0.3, -0.25) is 9.59 Å². The van der Waals surface area contributed by atoms with E-state index in [-0.39, 0.29) is 42.2 Å². The van der Waals surface area contributed by atoms with Crippen molar-refractivity contribution in [2.75, 3.05) is 19.6 Å². The van der Waals surface area contributed by atoms with Crippen LogP contribution in [0.15, 0.2) is 23.0 Å². The zero-order valence-electron chi connectivity index (χ0n) is 22.9. The lowest BCUT2D eigenvalue weighted by Crippen LogP contribution is -2.58. The van der Waals surface area contributed by atoms with Crippen molar-refractivity contribution in [3.63, 3.8) is 0 Å². The highest BCUT2D eigenvalue weighted by molar-refractivity contribution is 5.81. The van der Waals surface area contributed by atoms with Gasteiger partial charge >= 0.3 is 18.4 Å². The number of alkyl halides is 6. The molecule has 1 fully saturated rings. The van der Waals surface area contributed by atoms with Crippen molar-refractivity contribution in [2.45, 2.75) is 64.5 Å². The monoisotopic (exact) mass is 605 g/mol. The lowest BCUT2D eigenvalue weighted by atomic mass is 9.73. The summed E-state index contributed by atoms with van der Waals surface area (Å²) >= 11 is 0. The number of carbonyl (C=O) groups excluding carboxylic acids is 3. The molecule has 0 aliphatic carbocycles. The highest BCUT2D eigenvalue weighted by Gasteiger charge is 2.54. The smallest absolute Gasteiger partial charge is 0.433 e. The van der Waals surface area contributed by atoms with Crippen LogP contribution >= 0.6 is 0 Å². The van der Waals surface area contributed by atoms with Gasteiger partial charge in [0.25, 0.3) is 0 Å². The second kappa shape index (κ2) is 10.8. The fourth-order valence-corrected chi connectivity index (χ4v) is 5.18. The van der Waals surface area contributed by atoms with Crippen LogP contribution in [0.5, 0.6) is 0 Å². The van der Waals surface area contributed by atoms with Crippen molar-refractivity contribution >= 4 is 17.9 Å². The molecular weight excluding hydrogens is 576 g/mol. The van der Waals surface area contributed by atoms with Crippen molar-refractivity contribution < 1.29 is 49.9 Å². The Morgan fingerprint density at radius 1 is 1.14 bits per heavy atom. The van der Waals surface area contributed by atoms with Crippen molar-refractivity contribution in [3.05, 3.63) is 35.5 Å². The van der Waals surface area contributed by atoms with Crippen LogP contribution in [0, 0.1) is 11.3 Å². The minimum Gasteiger partial charge on any atom is -0.472 e. The zero-order chi connectivity index (χ0) is 31.3. The van der Waals surface area contributed by atoms with Gasteiger partial charge in [-0.15, -0.1) is 0 Å². The molecule has 2 aromatic heterocycles. The maximum absolute atomic E-state index is 13.9. The molecule has 0 radical (unpaired) electrons. The van der Waals surface area contributed by atoms with E-state index in [1.165, 1.54) is 23.5 Å². The summed E-state index contributed by atoms with van der Waals surface area (Å²) in [5, 5.41) is 0. The molecule has 2 atom stereocenters. The molecule has 2 aliphatic heterocycles. The zero-order valence-corrected chi connectivity index (χ0v) is 22.9. The molecule has 0 bridgehead atoms. The summed E-state index contributed by atoms with van der Waals surface area (Å²) in [5.74, 6) is -3.70. The van der Waals surface area contributed by atoms with Gasteiger partial charge in [0.15, 0.2) is 11.5 Å². The number of hydrogen-bond acceptors (Lipinski definition) is 7. The first kappa shape index (κ1) is 31.1. The largest absolute Gasteiger partial charge is 0.472 e. The highest BCUT2D eigenvalue weighted by Crippen LogP contribution is 2.42. The Morgan fingerprint density at radius 3 is 2.36 bits per heavy atom. The van der Waals surface area contributed by atoms with E-state index in [9.17, 15) is 40.7 Å². The molecule has 2 aliphatic rings. The third kappa shape index (κ3) is 6.31. The molecule has 16 heteroatoms. The van der Waals surface area contributed by atoms with Crippen LogP contribution in [0.1, 0.15) is 50.6 Å². The summed E-state index contributed by atoms with van der Waals surface area (Å²) < 4.78 is 92.1. The summed E-state index contributed by atoms with van der Waals surface area (Å²) in [6.07, 6.45) is -9.97. The normalized spacial score (nSPS) is 19.5. The maximum Gasteiger partial charge on any atom is 0.433 e. The number of furan rings is 1. The Bertz CT molecular complexity index is 1360. The fraction of sp³-hybridized carbons (Fsp3) is 0.577. The van der Waals surface area contributed by atoms with Gasteiger partial charge in [-0.1, -0.05) is 20.8 Å². The van der Waals surface area contributed by atoms with Crippen molar-refractivity contribution in [1.82, 2.24) is 19.8 Å². The third-order valence-electron chi connectivity index (χ3n) is 7.69. The van der Waals surface area contributed by atoms with E-state index in [4.69, 9.17) is 14.9 Å². The minimum atomic E-state index is -4.80. The summed E-state index contributed by atoms with van der Waals surface area (Å²) in [4.78, 5) is 48.2. The van der Waals surface area contributed by atoms with Gasteiger partial charge in [0.2, 0.25) is 11.8 Å². The van der Waals surface area contributed by atoms with Crippen LogP contribution in [0.25, 0.3) is 11.4 Å².